The van der Waals surface area contributed by atoms with Crippen molar-refractivity contribution in [1.82, 2.24) is 9.55 Å². The zero-order valence-corrected chi connectivity index (χ0v) is 10.8. The van der Waals surface area contributed by atoms with Crippen molar-refractivity contribution >= 4 is 21.9 Å². The van der Waals surface area contributed by atoms with Gasteiger partial charge in [-0.15, -0.1) is 0 Å². The molecule has 0 saturated carbocycles. The van der Waals surface area contributed by atoms with Crippen LogP contribution in [0.15, 0.2) is 4.60 Å². The van der Waals surface area contributed by atoms with Crippen LogP contribution in [0.2, 0.25) is 0 Å². The van der Waals surface area contributed by atoms with E-state index in [1.54, 1.807) is 6.92 Å². The molecule has 1 aliphatic heterocycles. The Morgan fingerprint density at radius 2 is 2.38 bits per heavy atom. The lowest BCUT2D eigenvalue weighted by molar-refractivity contribution is -0.141. The minimum atomic E-state index is -0.760. The van der Waals surface area contributed by atoms with Crippen LogP contribution in [0.4, 0.5) is 0 Å². The first kappa shape index (κ1) is 11.6. The molecule has 4 nitrogen and oxygen atoms in total. The minimum Gasteiger partial charge on any atom is -0.481 e. The molecule has 0 aromatic carbocycles. The molecular formula is C11H15BrN2O2. The van der Waals surface area contributed by atoms with Crippen molar-refractivity contribution in [3.8, 4) is 0 Å². The highest BCUT2D eigenvalue weighted by atomic mass is 79.9. The largest absolute Gasteiger partial charge is 0.481 e. The molecule has 0 aliphatic carbocycles. The Bertz CT molecular complexity index is 414. The standard InChI is InChI=1S/C11H15BrN2O2/c1-7(11(15)16)6-9-13-10(12)8-4-2-3-5-14(8)9/h7H,2-6H2,1H3,(H,15,16). The van der Waals surface area contributed by atoms with E-state index in [1.165, 1.54) is 12.1 Å². The predicted octanol–water partition coefficient (Wildman–Crippen LogP) is 2.25. The lowest BCUT2D eigenvalue weighted by Crippen LogP contribution is -2.18. The molecule has 2 heterocycles. The average molecular weight is 287 g/mol. The number of imidazole rings is 1. The molecule has 1 aliphatic rings. The third kappa shape index (κ3) is 2.14. The van der Waals surface area contributed by atoms with Gasteiger partial charge in [0.25, 0.3) is 0 Å². The zero-order chi connectivity index (χ0) is 11.7. The Hall–Kier alpha value is -0.840. The third-order valence-electron chi connectivity index (χ3n) is 3.06. The molecule has 1 unspecified atom stereocenters. The summed E-state index contributed by atoms with van der Waals surface area (Å²) in [4.78, 5) is 15.3. The second-order valence-electron chi connectivity index (χ2n) is 4.32. The smallest absolute Gasteiger partial charge is 0.306 e. The number of rotatable bonds is 3. The number of aliphatic carboxylic acids is 1. The quantitative estimate of drug-likeness (QED) is 0.927. The first-order valence-corrected chi connectivity index (χ1v) is 6.35. The average Bonchev–Trinajstić information content (AvgIpc) is 2.57. The fourth-order valence-electron chi connectivity index (χ4n) is 2.09. The highest BCUT2D eigenvalue weighted by Crippen LogP contribution is 2.25. The summed E-state index contributed by atoms with van der Waals surface area (Å²) in [6.45, 7) is 2.69. The summed E-state index contributed by atoms with van der Waals surface area (Å²) in [5.41, 5.74) is 1.22. The number of carbonyl (C=O) groups is 1. The first-order valence-electron chi connectivity index (χ1n) is 5.56. The van der Waals surface area contributed by atoms with Crippen molar-refractivity contribution in [2.75, 3.05) is 0 Å². The maximum Gasteiger partial charge on any atom is 0.306 e. The van der Waals surface area contributed by atoms with Crippen molar-refractivity contribution < 1.29 is 9.90 Å². The van der Waals surface area contributed by atoms with E-state index in [0.29, 0.717) is 6.42 Å². The van der Waals surface area contributed by atoms with Crippen molar-refractivity contribution in [3.63, 3.8) is 0 Å². The number of carboxylic acid groups (broad SMARTS) is 1. The van der Waals surface area contributed by atoms with Gasteiger partial charge in [0, 0.05) is 13.0 Å². The predicted molar refractivity (Wildman–Crippen MR) is 63.4 cm³/mol. The monoisotopic (exact) mass is 286 g/mol. The number of halogens is 1. The van der Waals surface area contributed by atoms with E-state index in [1.807, 2.05) is 0 Å². The third-order valence-corrected chi connectivity index (χ3v) is 3.69. The van der Waals surface area contributed by atoms with Crippen LogP contribution in [0.3, 0.4) is 0 Å². The molecule has 16 heavy (non-hydrogen) atoms. The second kappa shape index (κ2) is 4.57. The molecular weight excluding hydrogens is 272 g/mol. The SMILES string of the molecule is CC(Cc1nc(Br)c2n1CCCC2)C(=O)O. The van der Waals surface area contributed by atoms with Gasteiger partial charge in [-0.2, -0.15) is 0 Å². The summed E-state index contributed by atoms with van der Waals surface area (Å²) in [6.07, 6.45) is 3.89. The van der Waals surface area contributed by atoms with Crippen LogP contribution in [0, 0.1) is 5.92 Å². The molecule has 1 aromatic rings. The fourth-order valence-corrected chi connectivity index (χ4v) is 2.70. The van der Waals surface area contributed by atoms with E-state index in [-0.39, 0.29) is 5.92 Å². The van der Waals surface area contributed by atoms with Gasteiger partial charge >= 0.3 is 5.97 Å². The van der Waals surface area contributed by atoms with Crippen molar-refractivity contribution in [3.05, 3.63) is 16.1 Å². The van der Waals surface area contributed by atoms with E-state index in [9.17, 15) is 4.79 Å². The lowest BCUT2D eigenvalue weighted by Gasteiger charge is -2.17. The second-order valence-corrected chi connectivity index (χ2v) is 5.07. The van der Waals surface area contributed by atoms with E-state index in [4.69, 9.17) is 5.11 Å². The molecule has 2 rings (SSSR count). The van der Waals surface area contributed by atoms with Crippen LogP contribution < -0.4 is 0 Å². The van der Waals surface area contributed by atoms with Gasteiger partial charge in [0.2, 0.25) is 0 Å². The summed E-state index contributed by atoms with van der Waals surface area (Å²) in [7, 11) is 0. The number of hydrogen-bond acceptors (Lipinski definition) is 2. The van der Waals surface area contributed by atoms with Crippen molar-refractivity contribution in [2.24, 2.45) is 5.92 Å². The van der Waals surface area contributed by atoms with Crippen LogP contribution in [0.1, 0.15) is 31.3 Å². The van der Waals surface area contributed by atoms with E-state index in [0.717, 1.165) is 29.8 Å². The Labute approximate surface area is 103 Å². The Morgan fingerprint density at radius 1 is 1.62 bits per heavy atom. The lowest BCUT2D eigenvalue weighted by atomic mass is 10.1. The summed E-state index contributed by atoms with van der Waals surface area (Å²) in [6, 6.07) is 0. The zero-order valence-electron chi connectivity index (χ0n) is 9.24. The number of nitrogens with zero attached hydrogens (tertiary/aromatic N) is 2. The Kier molecular flexibility index (Phi) is 3.33. The summed E-state index contributed by atoms with van der Waals surface area (Å²) in [5.74, 6) is -0.235. The molecule has 1 aromatic heterocycles. The van der Waals surface area contributed by atoms with Gasteiger partial charge in [-0.1, -0.05) is 6.92 Å². The summed E-state index contributed by atoms with van der Waals surface area (Å²) in [5, 5.41) is 8.91. The van der Waals surface area contributed by atoms with E-state index < -0.39 is 5.97 Å². The maximum atomic E-state index is 10.8. The Morgan fingerprint density at radius 3 is 3.06 bits per heavy atom. The van der Waals surface area contributed by atoms with Crippen molar-refractivity contribution in [1.29, 1.82) is 0 Å². The Balaban J connectivity index is 2.24. The molecule has 0 spiro atoms. The number of fused-ring (bicyclic) bond motifs is 1. The molecule has 1 atom stereocenters. The van der Waals surface area contributed by atoms with E-state index >= 15 is 0 Å². The highest BCUT2D eigenvalue weighted by Gasteiger charge is 2.21. The fraction of sp³-hybridized carbons (Fsp3) is 0.636. The number of carboxylic acids is 1. The molecule has 0 fully saturated rings. The molecule has 88 valence electrons. The molecule has 0 bridgehead atoms. The molecule has 0 radical (unpaired) electrons. The van der Waals surface area contributed by atoms with Gasteiger partial charge in [0.05, 0.1) is 11.6 Å². The maximum absolute atomic E-state index is 10.8. The topological polar surface area (TPSA) is 55.1 Å². The number of hydrogen-bond donors (Lipinski definition) is 1. The van der Waals surface area contributed by atoms with Crippen LogP contribution in [-0.4, -0.2) is 20.6 Å². The summed E-state index contributed by atoms with van der Waals surface area (Å²) < 4.78 is 3.06. The van der Waals surface area contributed by atoms with Gasteiger partial charge in [-0.25, -0.2) is 4.98 Å². The normalized spacial score (nSPS) is 16.9. The molecule has 5 heteroatoms. The summed E-state index contributed by atoms with van der Waals surface area (Å²) >= 11 is 3.45. The highest BCUT2D eigenvalue weighted by molar-refractivity contribution is 9.10. The van der Waals surface area contributed by atoms with Gasteiger partial charge in [0.1, 0.15) is 10.4 Å². The first-order chi connectivity index (χ1) is 7.59. The van der Waals surface area contributed by atoms with E-state index in [2.05, 4.69) is 25.5 Å². The van der Waals surface area contributed by atoms with Crippen LogP contribution >= 0.6 is 15.9 Å². The minimum absolute atomic E-state index is 0.375. The van der Waals surface area contributed by atoms with Gasteiger partial charge in [-0.05, 0) is 35.2 Å². The van der Waals surface area contributed by atoms with Crippen LogP contribution in [0.5, 0.6) is 0 Å². The number of aromatic nitrogens is 2. The molecule has 0 amide bonds. The van der Waals surface area contributed by atoms with Gasteiger partial charge in [0.15, 0.2) is 0 Å². The molecule has 0 saturated heterocycles. The van der Waals surface area contributed by atoms with Crippen LogP contribution in [-0.2, 0) is 24.2 Å². The van der Waals surface area contributed by atoms with Gasteiger partial charge < -0.3 is 9.67 Å². The van der Waals surface area contributed by atoms with Gasteiger partial charge in [-0.3, -0.25) is 4.79 Å². The van der Waals surface area contributed by atoms with Crippen LogP contribution in [0.25, 0.3) is 0 Å². The van der Waals surface area contributed by atoms with Crippen molar-refractivity contribution in [2.45, 2.75) is 39.2 Å². The molecule has 1 N–H and O–H groups in total.